The van der Waals surface area contributed by atoms with Gasteiger partial charge in [-0.3, -0.25) is 9.36 Å². The van der Waals surface area contributed by atoms with Crippen LogP contribution in [0.1, 0.15) is 12.5 Å². The summed E-state index contributed by atoms with van der Waals surface area (Å²) in [7, 11) is -1.88. The Hall–Kier alpha value is -3.01. The van der Waals surface area contributed by atoms with E-state index in [4.69, 9.17) is 25.8 Å². The lowest BCUT2D eigenvalue weighted by molar-refractivity contribution is 0.123. The molecule has 182 valence electrons. The van der Waals surface area contributed by atoms with Crippen LogP contribution in [0.15, 0.2) is 65.6 Å². The molecule has 8 nitrogen and oxygen atoms in total. The Bertz CT molecular complexity index is 1270. The fourth-order valence-electron chi connectivity index (χ4n) is 3.09. The molecule has 0 saturated heterocycles. The number of rotatable bonds is 11. The Morgan fingerprint density at radius 2 is 1.76 bits per heavy atom. The highest BCUT2D eigenvalue weighted by Gasteiger charge is 2.17. The third kappa shape index (κ3) is 6.99. The van der Waals surface area contributed by atoms with E-state index in [1.807, 2.05) is 0 Å². The first-order chi connectivity index (χ1) is 16.2. The Kier molecular flexibility index (Phi) is 8.60. The highest BCUT2D eigenvalue weighted by molar-refractivity contribution is 7.91. The Morgan fingerprint density at radius 3 is 2.41 bits per heavy atom. The topological polar surface area (TPSA) is 104 Å². The highest BCUT2D eigenvalue weighted by atomic mass is 35.5. The number of aromatic nitrogens is 1. The molecule has 0 unspecified atom stereocenters. The average molecular weight is 508 g/mol. The van der Waals surface area contributed by atoms with Gasteiger partial charge >= 0.3 is 0 Å². The number of sulfone groups is 1. The van der Waals surface area contributed by atoms with Crippen molar-refractivity contribution in [2.45, 2.75) is 19.6 Å². The van der Waals surface area contributed by atoms with Crippen LogP contribution < -0.4 is 19.8 Å². The van der Waals surface area contributed by atoms with Crippen LogP contribution in [0.2, 0.25) is 5.02 Å². The summed E-state index contributed by atoms with van der Waals surface area (Å²) in [6.07, 6.45) is 0.469. The lowest BCUT2D eigenvalue weighted by Gasteiger charge is -2.16. The quantitative estimate of drug-likeness (QED) is 0.425. The predicted molar refractivity (Wildman–Crippen MR) is 130 cm³/mol. The highest BCUT2D eigenvalue weighted by Crippen LogP contribution is 2.29. The second kappa shape index (κ2) is 11.4. The van der Waals surface area contributed by atoms with Crippen molar-refractivity contribution in [2.75, 3.05) is 25.2 Å². The molecule has 0 aliphatic heterocycles. The van der Waals surface area contributed by atoms with Crippen molar-refractivity contribution >= 4 is 21.4 Å². The minimum Gasteiger partial charge on any atom is -0.493 e. The van der Waals surface area contributed by atoms with E-state index in [-0.39, 0.29) is 30.3 Å². The van der Waals surface area contributed by atoms with Gasteiger partial charge in [0.2, 0.25) is 0 Å². The van der Waals surface area contributed by atoms with Crippen molar-refractivity contribution < 1.29 is 27.7 Å². The zero-order valence-electron chi connectivity index (χ0n) is 18.8. The van der Waals surface area contributed by atoms with Crippen molar-refractivity contribution in [3.63, 3.8) is 0 Å². The van der Waals surface area contributed by atoms with Gasteiger partial charge < -0.3 is 19.3 Å². The van der Waals surface area contributed by atoms with Gasteiger partial charge in [0.05, 0.1) is 18.6 Å². The van der Waals surface area contributed by atoms with Crippen LogP contribution in [-0.4, -0.2) is 49.4 Å². The molecule has 2 aromatic carbocycles. The molecule has 0 aliphatic rings. The van der Waals surface area contributed by atoms with E-state index in [0.717, 1.165) is 0 Å². The molecule has 0 bridgehead atoms. The summed E-state index contributed by atoms with van der Waals surface area (Å²) >= 11 is 5.87. The Morgan fingerprint density at radius 1 is 1.03 bits per heavy atom. The molecule has 1 heterocycles. The molecule has 0 saturated carbocycles. The minimum absolute atomic E-state index is 0.0527. The fraction of sp³-hybridized carbons (Fsp3) is 0.292. The van der Waals surface area contributed by atoms with Crippen molar-refractivity contribution in [3.05, 3.63) is 81.7 Å². The molecular weight excluding hydrogens is 482 g/mol. The number of nitrogens with zero attached hydrogens (tertiary/aromatic N) is 1. The number of halogens is 1. The number of ether oxygens (including phenoxy) is 3. The zero-order valence-corrected chi connectivity index (χ0v) is 20.4. The molecule has 3 rings (SSSR count). The molecule has 1 aromatic heterocycles. The zero-order chi connectivity index (χ0) is 24.7. The Balaban J connectivity index is 1.69. The van der Waals surface area contributed by atoms with E-state index >= 15 is 0 Å². The third-order valence-corrected chi connectivity index (χ3v) is 6.97. The van der Waals surface area contributed by atoms with Gasteiger partial charge in [-0.25, -0.2) is 8.42 Å². The molecule has 0 aliphatic carbocycles. The van der Waals surface area contributed by atoms with Crippen LogP contribution >= 0.6 is 11.6 Å². The predicted octanol–water partition coefficient (Wildman–Crippen LogP) is 3.25. The van der Waals surface area contributed by atoms with Crippen LogP contribution in [0.4, 0.5) is 0 Å². The number of hydrogen-bond acceptors (Lipinski definition) is 7. The molecule has 3 aromatic rings. The van der Waals surface area contributed by atoms with Crippen LogP contribution in [0.5, 0.6) is 17.2 Å². The molecule has 1 atom stereocenters. The van der Waals surface area contributed by atoms with Gasteiger partial charge in [-0.15, -0.1) is 0 Å². The number of benzene rings is 2. The molecule has 0 fully saturated rings. The summed E-state index contributed by atoms with van der Waals surface area (Å²) in [5.74, 6) is 0.868. The molecule has 1 N–H and O–H groups in total. The summed E-state index contributed by atoms with van der Waals surface area (Å²) < 4.78 is 41.3. The maximum Gasteiger partial charge on any atom is 0.255 e. The van der Waals surface area contributed by atoms with Crippen molar-refractivity contribution in [3.8, 4) is 22.9 Å². The second-order valence-corrected chi connectivity index (χ2v) is 10.3. The lowest BCUT2D eigenvalue weighted by Crippen LogP contribution is -2.28. The number of methoxy groups -OCH3 is 1. The van der Waals surface area contributed by atoms with Gasteiger partial charge in [0.1, 0.15) is 25.1 Å². The first-order valence-corrected chi connectivity index (χ1v) is 12.7. The van der Waals surface area contributed by atoms with E-state index in [9.17, 15) is 18.3 Å². The summed E-state index contributed by atoms with van der Waals surface area (Å²) in [4.78, 5) is 12.7. The maximum absolute atomic E-state index is 12.7. The second-order valence-electron chi connectivity index (χ2n) is 7.48. The van der Waals surface area contributed by atoms with E-state index in [2.05, 4.69) is 0 Å². The Labute approximate surface area is 203 Å². The van der Waals surface area contributed by atoms with Gasteiger partial charge in [-0.2, -0.15) is 0 Å². The first-order valence-electron chi connectivity index (χ1n) is 10.5. The summed E-state index contributed by atoms with van der Waals surface area (Å²) in [6, 6.07) is 15.1. The first kappa shape index (κ1) is 25.6. The van der Waals surface area contributed by atoms with Crippen LogP contribution in [0, 0.1) is 0 Å². The van der Waals surface area contributed by atoms with E-state index in [0.29, 0.717) is 33.5 Å². The molecule has 0 amide bonds. The van der Waals surface area contributed by atoms with E-state index in [1.165, 1.54) is 24.7 Å². The van der Waals surface area contributed by atoms with Gasteiger partial charge in [0, 0.05) is 29.1 Å². The summed E-state index contributed by atoms with van der Waals surface area (Å²) in [6.45, 7) is 1.53. The van der Waals surface area contributed by atoms with Crippen molar-refractivity contribution in [1.82, 2.24) is 4.57 Å². The smallest absolute Gasteiger partial charge is 0.255 e. The third-order valence-electron chi connectivity index (χ3n) is 4.95. The molecule has 0 radical (unpaired) electrons. The van der Waals surface area contributed by atoms with E-state index < -0.39 is 15.9 Å². The van der Waals surface area contributed by atoms with Crippen LogP contribution in [0.3, 0.4) is 0 Å². The van der Waals surface area contributed by atoms with E-state index in [1.54, 1.807) is 54.7 Å². The molecular formula is C24H26ClNO7S. The molecule has 0 spiro atoms. The standard InChI is InChI=1S/C24H26ClNO7S/c1-3-34(29,30)16-20(27)15-33-22-9-6-19(13-23(22)31-2)26-11-10-17(12-24(26)28)14-32-21-7-4-18(25)5-8-21/h4-13,20,27H,3,14-16H2,1-2H3/t20-/m0/s1. The van der Waals surface area contributed by atoms with Crippen LogP contribution in [-0.2, 0) is 16.4 Å². The largest absolute Gasteiger partial charge is 0.493 e. The van der Waals surface area contributed by atoms with Gasteiger partial charge in [0.15, 0.2) is 21.3 Å². The average Bonchev–Trinajstić information content (AvgIpc) is 2.82. The lowest BCUT2D eigenvalue weighted by atomic mass is 10.2. The fourth-order valence-corrected chi connectivity index (χ4v) is 4.14. The molecule has 10 heteroatoms. The summed E-state index contributed by atoms with van der Waals surface area (Å²) in [5.41, 5.74) is 1.00. The van der Waals surface area contributed by atoms with Crippen molar-refractivity contribution in [2.24, 2.45) is 0 Å². The maximum atomic E-state index is 12.7. The van der Waals surface area contributed by atoms with Crippen LogP contribution in [0.25, 0.3) is 5.69 Å². The SMILES string of the molecule is CCS(=O)(=O)C[C@@H](O)COc1ccc(-n2ccc(COc3ccc(Cl)cc3)cc2=O)cc1OC. The van der Waals surface area contributed by atoms with Gasteiger partial charge in [-0.05, 0) is 48.0 Å². The number of pyridine rings is 1. The number of hydrogen-bond donors (Lipinski definition) is 1. The van der Waals surface area contributed by atoms with Crippen molar-refractivity contribution in [1.29, 1.82) is 0 Å². The van der Waals surface area contributed by atoms with Gasteiger partial charge in [-0.1, -0.05) is 18.5 Å². The number of aliphatic hydroxyl groups excluding tert-OH is 1. The molecule has 34 heavy (non-hydrogen) atoms. The monoisotopic (exact) mass is 507 g/mol. The number of aliphatic hydroxyl groups is 1. The van der Waals surface area contributed by atoms with Gasteiger partial charge in [0.25, 0.3) is 5.56 Å². The normalized spacial score (nSPS) is 12.2. The minimum atomic E-state index is -3.33. The summed E-state index contributed by atoms with van der Waals surface area (Å²) in [5, 5.41) is 10.6.